The van der Waals surface area contributed by atoms with E-state index in [1.54, 1.807) is 11.3 Å². The van der Waals surface area contributed by atoms with Gasteiger partial charge in [-0.15, -0.1) is 21.5 Å². The zero-order valence-corrected chi connectivity index (χ0v) is 14.6. The molecule has 0 amide bonds. The molecular formula is C19H21N3OS. The SMILES string of the molecule is Cc1ccccc1CN1CCC(c2nnc(-c3cccs3)o2)CC1. The van der Waals surface area contributed by atoms with Gasteiger partial charge in [0.05, 0.1) is 4.88 Å². The van der Waals surface area contributed by atoms with Crippen molar-refractivity contribution in [3.63, 3.8) is 0 Å². The lowest BCUT2D eigenvalue weighted by Crippen LogP contribution is -2.32. The Morgan fingerprint density at radius 1 is 1.12 bits per heavy atom. The van der Waals surface area contributed by atoms with Crippen LogP contribution in [0.2, 0.25) is 0 Å². The molecule has 0 bridgehead atoms. The van der Waals surface area contributed by atoms with Gasteiger partial charge in [-0.3, -0.25) is 4.90 Å². The molecule has 24 heavy (non-hydrogen) atoms. The third-order valence-corrected chi connectivity index (χ3v) is 5.62. The third-order valence-electron chi connectivity index (χ3n) is 4.76. The van der Waals surface area contributed by atoms with Crippen LogP contribution in [-0.4, -0.2) is 28.2 Å². The second-order valence-corrected chi connectivity index (χ2v) is 7.35. The largest absolute Gasteiger partial charge is 0.420 e. The van der Waals surface area contributed by atoms with E-state index >= 15 is 0 Å². The number of thiophene rings is 1. The molecule has 0 unspecified atom stereocenters. The van der Waals surface area contributed by atoms with Crippen molar-refractivity contribution < 1.29 is 4.42 Å². The van der Waals surface area contributed by atoms with Crippen molar-refractivity contribution in [2.24, 2.45) is 0 Å². The van der Waals surface area contributed by atoms with Crippen molar-refractivity contribution in [2.75, 3.05) is 13.1 Å². The zero-order valence-electron chi connectivity index (χ0n) is 13.8. The number of benzene rings is 1. The zero-order chi connectivity index (χ0) is 16.4. The Balaban J connectivity index is 1.37. The van der Waals surface area contributed by atoms with E-state index in [0.717, 1.165) is 43.2 Å². The van der Waals surface area contributed by atoms with Gasteiger partial charge in [0.2, 0.25) is 5.89 Å². The van der Waals surface area contributed by atoms with Crippen LogP contribution in [0.25, 0.3) is 10.8 Å². The van der Waals surface area contributed by atoms with Crippen LogP contribution in [0.5, 0.6) is 0 Å². The minimum atomic E-state index is 0.388. The highest BCUT2D eigenvalue weighted by atomic mass is 32.1. The van der Waals surface area contributed by atoms with E-state index in [1.165, 1.54) is 11.1 Å². The van der Waals surface area contributed by atoms with Gasteiger partial charge in [-0.05, 0) is 55.4 Å². The first-order valence-corrected chi connectivity index (χ1v) is 9.32. The maximum Gasteiger partial charge on any atom is 0.257 e. The standard InChI is InChI=1S/C19H21N3OS/c1-14-5-2-3-6-16(14)13-22-10-8-15(9-11-22)18-20-21-19(23-18)17-7-4-12-24-17/h2-7,12,15H,8-11,13H2,1H3. The van der Waals surface area contributed by atoms with Gasteiger partial charge in [0.15, 0.2) is 0 Å². The summed E-state index contributed by atoms with van der Waals surface area (Å²) in [7, 11) is 0. The van der Waals surface area contributed by atoms with Crippen LogP contribution in [0.3, 0.4) is 0 Å². The number of nitrogens with zero attached hydrogens (tertiary/aromatic N) is 3. The molecule has 4 nitrogen and oxygen atoms in total. The topological polar surface area (TPSA) is 42.2 Å². The lowest BCUT2D eigenvalue weighted by molar-refractivity contribution is 0.193. The van der Waals surface area contributed by atoms with Crippen LogP contribution in [0.1, 0.15) is 35.8 Å². The Labute approximate surface area is 146 Å². The summed E-state index contributed by atoms with van der Waals surface area (Å²) in [4.78, 5) is 3.57. The van der Waals surface area contributed by atoms with E-state index in [2.05, 4.69) is 46.3 Å². The molecule has 2 aromatic heterocycles. The minimum Gasteiger partial charge on any atom is -0.420 e. The van der Waals surface area contributed by atoms with Gasteiger partial charge >= 0.3 is 0 Å². The van der Waals surface area contributed by atoms with E-state index in [4.69, 9.17) is 4.42 Å². The smallest absolute Gasteiger partial charge is 0.257 e. The van der Waals surface area contributed by atoms with Gasteiger partial charge < -0.3 is 4.42 Å². The van der Waals surface area contributed by atoms with Gasteiger partial charge in [-0.1, -0.05) is 30.3 Å². The van der Waals surface area contributed by atoms with Crippen LogP contribution in [-0.2, 0) is 6.54 Å². The average Bonchev–Trinajstić information content (AvgIpc) is 3.29. The summed E-state index contributed by atoms with van der Waals surface area (Å²) in [6, 6.07) is 12.7. The summed E-state index contributed by atoms with van der Waals surface area (Å²) in [6.07, 6.45) is 2.16. The van der Waals surface area contributed by atoms with E-state index in [9.17, 15) is 0 Å². The lowest BCUT2D eigenvalue weighted by Gasteiger charge is -2.30. The number of aromatic nitrogens is 2. The second-order valence-electron chi connectivity index (χ2n) is 6.40. The monoisotopic (exact) mass is 339 g/mol. The van der Waals surface area contributed by atoms with E-state index in [1.807, 2.05) is 17.5 Å². The number of aryl methyl sites for hydroxylation is 1. The highest BCUT2D eigenvalue weighted by Gasteiger charge is 2.25. The first-order valence-electron chi connectivity index (χ1n) is 8.44. The minimum absolute atomic E-state index is 0.388. The fourth-order valence-electron chi connectivity index (χ4n) is 3.27. The van der Waals surface area contributed by atoms with Crippen molar-refractivity contribution in [1.29, 1.82) is 0 Å². The Bertz CT molecular complexity index is 789. The molecule has 1 fully saturated rings. The van der Waals surface area contributed by atoms with Gasteiger partial charge in [0, 0.05) is 12.5 Å². The first-order chi connectivity index (χ1) is 11.8. The normalized spacial score (nSPS) is 16.5. The van der Waals surface area contributed by atoms with Crippen molar-refractivity contribution in [1.82, 2.24) is 15.1 Å². The molecule has 3 aromatic rings. The van der Waals surface area contributed by atoms with E-state index in [0.29, 0.717) is 11.8 Å². The summed E-state index contributed by atoms with van der Waals surface area (Å²) < 4.78 is 5.91. The van der Waals surface area contributed by atoms with Gasteiger partial charge in [0.25, 0.3) is 5.89 Å². The van der Waals surface area contributed by atoms with Crippen molar-refractivity contribution in [3.8, 4) is 10.8 Å². The van der Waals surface area contributed by atoms with Crippen LogP contribution in [0.15, 0.2) is 46.2 Å². The molecule has 1 aliphatic rings. The third kappa shape index (κ3) is 3.28. The van der Waals surface area contributed by atoms with Crippen LogP contribution in [0, 0.1) is 6.92 Å². The number of hydrogen-bond donors (Lipinski definition) is 0. The Morgan fingerprint density at radius 2 is 1.96 bits per heavy atom. The molecule has 0 aliphatic carbocycles. The Hall–Kier alpha value is -1.98. The molecule has 0 saturated carbocycles. The van der Waals surface area contributed by atoms with E-state index < -0.39 is 0 Å². The average molecular weight is 339 g/mol. The molecule has 0 spiro atoms. The predicted octanol–water partition coefficient (Wildman–Crippen LogP) is 4.49. The fraction of sp³-hybridized carbons (Fsp3) is 0.368. The lowest BCUT2D eigenvalue weighted by atomic mass is 9.96. The van der Waals surface area contributed by atoms with Crippen molar-refractivity contribution in [3.05, 3.63) is 58.8 Å². The number of hydrogen-bond acceptors (Lipinski definition) is 5. The quantitative estimate of drug-likeness (QED) is 0.702. The second kappa shape index (κ2) is 6.87. The van der Waals surface area contributed by atoms with Gasteiger partial charge in [-0.2, -0.15) is 0 Å². The number of likely N-dealkylation sites (tertiary alicyclic amines) is 1. The van der Waals surface area contributed by atoms with Crippen LogP contribution < -0.4 is 0 Å². The summed E-state index contributed by atoms with van der Waals surface area (Å²) in [5.41, 5.74) is 2.80. The summed E-state index contributed by atoms with van der Waals surface area (Å²) >= 11 is 1.63. The summed E-state index contributed by atoms with van der Waals surface area (Å²) in [5.74, 6) is 1.84. The first kappa shape index (κ1) is 15.5. The fourth-order valence-corrected chi connectivity index (χ4v) is 3.91. The molecule has 1 aromatic carbocycles. The Kier molecular flexibility index (Phi) is 4.45. The number of rotatable bonds is 4. The van der Waals surface area contributed by atoms with Crippen LogP contribution in [0.4, 0.5) is 0 Å². The molecular weight excluding hydrogens is 318 g/mol. The predicted molar refractivity (Wildman–Crippen MR) is 96.0 cm³/mol. The molecule has 5 heteroatoms. The Morgan fingerprint density at radius 3 is 2.71 bits per heavy atom. The molecule has 0 N–H and O–H groups in total. The molecule has 1 saturated heterocycles. The summed E-state index contributed by atoms with van der Waals surface area (Å²) in [5, 5.41) is 10.5. The molecule has 3 heterocycles. The molecule has 0 radical (unpaired) electrons. The molecule has 4 rings (SSSR count). The van der Waals surface area contributed by atoms with Gasteiger partial charge in [-0.25, -0.2) is 0 Å². The van der Waals surface area contributed by atoms with E-state index in [-0.39, 0.29) is 0 Å². The maximum atomic E-state index is 5.91. The molecule has 0 atom stereocenters. The highest BCUT2D eigenvalue weighted by molar-refractivity contribution is 7.13. The van der Waals surface area contributed by atoms with Crippen LogP contribution >= 0.6 is 11.3 Å². The molecule has 124 valence electrons. The number of piperidine rings is 1. The van der Waals surface area contributed by atoms with Crippen molar-refractivity contribution >= 4 is 11.3 Å². The van der Waals surface area contributed by atoms with Crippen molar-refractivity contribution in [2.45, 2.75) is 32.2 Å². The summed E-state index contributed by atoms with van der Waals surface area (Å²) in [6.45, 7) is 5.38. The van der Waals surface area contributed by atoms with Gasteiger partial charge in [0.1, 0.15) is 0 Å². The highest BCUT2D eigenvalue weighted by Crippen LogP contribution is 2.31. The maximum absolute atomic E-state index is 5.91. The molecule has 1 aliphatic heterocycles.